The maximum absolute atomic E-state index is 12.7. The lowest BCUT2D eigenvalue weighted by Crippen LogP contribution is -2.38. The van der Waals surface area contributed by atoms with Crippen LogP contribution in [0.4, 0.5) is 5.69 Å². The summed E-state index contributed by atoms with van der Waals surface area (Å²) >= 11 is 3.27. The van der Waals surface area contributed by atoms with E-state index in [9.17, 15) is 19.2 Å². The van der Waals surface area contributed by atoms with Crippen LogP contribution in [0.2, 0.25) is 0 Å². The summed E-state index contributed by atoms with van der Waals surface area (Å²) in [5, 5.41) is 21.0. The van der Waals surface area contributed by atoms with Crippen molar-refractivity contribution in [2.45, 2.75) is 264 Å². The van der Waals surface area contributed by atoms with Gasteiger partial charge >= 0.3 is 11.9 Å². The van der Waals surface area contributed by atoms with Gasteiger partial charge in [-0.05, 0) is 223 Å². The molecule has 14 nitrogen and oxygen atoms in total. The molecular formula is C81H120BrClN6O8. The molecule has 15 rings (SSSR count). The Balaban J connectivity index is 0.000000148. The first kappa shape index (κ1) is 77.6. The summed E-state index contributed by atoms with van der Waals surface area (Å²) < 4.78 is 11.4. The van der Waals surface area contributed by atoms with Crippen molar-refractivity contribution < 1.29 is 38.9 Å². The maximum atomic E-state index is 12.7. The van der Waals surface area contributed by atoms with Crippen LogP contribution in [0.5, 0.6) is 11.5 Å². The van der Waals surface area contributed by atoms with Crippen molar-refractivity contribution in [3.8, 4) is 11.5 Å². The standard InChI is InChI=1S/C17H21NO3.C17H25NO.C14H20N2.C10H18.C9H17N.C9H14O4.C5H4BrN.ClH/c1-21-14-7-5-13(6-8-14)12-18-15(19)11-17(16(18)20)9-3-2-4-10-17;1-19-16-7-5-15(6-8-16)13-18-12-11-17(14-18)9-3-2-4-10-17;1-2-6-14(5-1)7-11-16(12-8-14)13-3-9-15-10-4-13;1-2-6-10(7-3-1)8-4-5-9-10;1-2-4-9(3-1)5-7-10-8-6-9;10-7(11)6-9(8(12)13)4-2-1-3-5-9;6-5-1-3-7-4-2-5;/h5-8H,2-4,9-12H2,1H3;5-8H,2-4,9-14H2,1H3;3-4,9-10H,1-2,5-8,11-12H2;1-9H2;10H,1-8H2;1-6H2,(H,10,11)(H,12,13);1-4H;1H. The number of imide groups is 1. The number of pyridine rings is 2. The summed E-state index contributed by atoms with van der Waals surface area (Å²) in [7, 11) is 3.34. The molecule has 16 heteroatoms. The molecule has 97 heavy (non-hydrogen) atoms. The minimum absolute atomic E-state index is 0. The number of hydrogen-bond acceptors (Lipinski definition) is 11. The van der Waals surface area contributed by atoms with Crippen molar-refractivity contribution >= 4 is 57.8 Å². The van der Waals surface area contributed by atoms with E-state index < -0.39 is 17.4 Å². The molecule has 11 aliphatic rings. The number of rotatable bonds is 10. The molecule has 4 aromatic rings. The number of carbonyl (C=O) groups is 4. The zero-order valence-corrected chi connectivity index (χ0v) is 61.7. The Hall–Kier alpha value is -5.09. The number of anilines is 1. The largest absolute Gasteiger partial charge is 0.497 e. The van der Waals surface area contributed by atoms with Crippen LogP contribution in [0.1, 0.15) is 262 Å². The van der Waals surface area contributed by atoms with E-state index in [1.54, 1.807) is 52.3 Å². The quantitative estimate of drug-likeness (QED) is 0.128. The van der Waals surface area contributed by atoms with Crippen molar-refractivity contribution in [1.29, 1.82) is 0 Å². The average Bonchev–Trinajstić information content (AvgIpc) is 1.63. The fourth-order valence-corrected chi connectivity index (χ4v) is 18.9. The molecule has 3 N–H and O–H groups in total. The number of hydrogen-bond donors (Lipinski definition) is 3. The molecular weight excluding hydrogens is 1300 g/mol. The van der Waals surface area contributed by atoms with Crippen LogP contribution < -0.4 is 19.7 Å². The highest BCUT2D eigenvalue weighted by Crippen LogP contribution is 2.51. The summed E-state index contributed by atoms with van der Waals surface area (Å²) in [6, 6.07) is 24.1. The van der Waals surface area contributed by atoms with Gasteiger partial charge in [0.15, 0.2) is 0 Å². The SMILES string of the molecule is Brc1ccncc1.C1CCC2(C1)CCNCC2.C1CCC2(CC1)CCCC2.COc1ccc(CN2C(=O)CC3(CCCCC3)C2=O)cc1.COc1ccc(CN2CCC3(CCCCC3)C2)cc1.Cl.O=C(O)CC1(C(=O)O)CCCCC1.c1cc(N2CCC3(CCCC3)CC2)ccn1. The van der Waals surface area contributed by atoms with Crippen molar-refractivity contribution in [2.75, 3.05) is 58.4 Å². The predicted molar refractivity (Wildman–Crippen MR) is 395 cm³/mol. The monoisotopic (exact) mass is 1420 g/mol. The van der Waals surface area contributed by atoms with Gasteiger partial charge in [0.05, 0.1) is 38.0 Å². The van der Waals surface area contributed by atoms with Crippen molar-refractivity contribution in [2.24, 2.45) is 32.5 Å². The minimum atomic E-state index is -1.01. The molecule has 7 saturated carbocycles. The minimum Gasteiger partial charge on any atom is -0.497 e. The Labute approximate surface area is 597 Å². The molecule has 4 aliphatic heterocycles. The Morgan fingerprint density at radius 1 is 0.485 bits per heavy atom. The van der Waals surface area contributed by atoms with Gasteiger partial charge in [-0.15, -0.1) is 12.4 Å². The molecule has 0 bridgehead atoms. The lowest BCUT2D eigenvalue weighted by Gasteiger charge is -2.40. The summed E-state index contributed by atoms with van der Waals surface area (Å²) in [5.41, 5.74) is 5.44. The van der Waals surface area contributed by atoms with E-state index in [2.05, 4.69) is 77.4 Å². The van der Waals surface area contributed by atoms with Gasteiger partial charge < -0.3 is 29.9 Å². The van der Waals surface area contributed by atoms with E-state index in [4.69, 9.17) is 19.7 Å². The smallest absolute Gasteiger partial charge is 0.310 e. The lowest BCUT2D eigenvalue weighted by atomic mass is 9.72. The van der Waals surface area contributed by atoms with Gasteiger partial charge in [-0.1, -0.05) is 156 Å². The van der Waals surface area contributed by atoms with Crippen LogP contribution in [-0.2, 0) is 32.3 Å². The zero-order valence-electron chi connectivity index (χ0n) is 59.3. The van der Waals surface area contributed by atoms with Gasteiger partial charge in [0, 0.05) is 67.5 Å². The number of aromatic nitrogens is 2. The number of carboxylic acids is 2. The third kappa shape index (κ3) is 23.0. The Kier molecular flexibility index (Phi) is 30.9. The number of nitrogens with one attached hydrogen (secondary N) is 1. The summed E-state index contributed by atoms with van der Waals surface area (Å²) in [4.78, 5) is 60.9. The lowest BCUT2D eigenvalue weighted by molar-refractivity contribution is -0.157. The summed E-state index contributed by atoms with van der Waals surface area (Å²) in [5.74, 6) is -0.199. The normalized spacial score (nSPS) is 22.8. The maximum Gasteiger partial charge on any atom is 0.310 e. The van der Waals surface area contributed by atoms with E-state index in [1.807, 2.05) is 48.8 Å². The number of ether oxygens (including phenoxy) is 2. The molecule has 2 aromatic heterocycles. The zero-order chi connectivity index (χ0) is 67.6. The number of halogens is 2. The number of aliphatic carboxylic acids is 2. The third-order valence-corrected chi connectivity index (χ3v) is 25.1. The number of methoxy groups -OCH3 is 2. The molecule has 7 aliphatic carbocycles. The number of benzene rings is 2. The summed E-state index contributed by atoms with van der Waals surface area (Å²) in [6.07, 6.45) is 56.4. The second-order valence-corrected chi connectivity index (χ2v) is 31.9. The molecule has 536 valence electrons. The van der Waals surface area contributed by atoms with Gasteiger partial charge in [-0.2, -0.15) is 0 Å². The van der Waals surface area contributed by atoms with Crippen LogP contribution in [0.15, 0.2) is 102 Å². The molecule has 4 saturated heterocycles. The first-order chi connectivity index (χ1) is 46.6. The van der Waals surface area contributed by atoms with Crippen LogP contribution in [0.3, 0.4) is 0 Å². The van der Waals surface area contributed by atoms with E-state index in [1.165, 1.54) is 210 Å². The number of carboxylic acid groups (broad SMARTS) is 2. The molecule has 2 aromatic carbocycles. The third-order valence-electron chi connectivity index (χ3n) is 24.6. The van der Waals surface area contributed by atoms with E-state index in [-0.39, 0.29) is 36.1 Å². The van der Waals surface area contributed by atoms with Crippen LogP contribution >= 0.6 is 28.3 Å². The van der Waals surface area contributed by atoms with Gasteiger partial charge in [-0.3, -0.25) is 38.9 Å². The fraction of sp³-hybridized carbons (Fsp3) is 0.679. The number of carbonyl (C=O) groups excluding carboxylic acids is 2. The number of piperidine rings is 2. The molecule has 0 atom stereocenters. The topological polar surface area (TPSA) is 175 Å². The highest BCUT2D eigenvalue weighted by Gasteiger charge is 2.51. The number of amides is 2. The number of likely N-dealkylation sites (tertiary alicyclic amines) is 2. The van der Waals surface area contributed by atoms with Crippen molar-refractivity contribution in [1.82, 2.24) is 25.1 Å². The highest BCUT2D eigenvalue weighted by atomic mass is 79.9. The molecule has 2 amide bonds. The Bertz CT molecular complexity index is 2900. The van der Waals surface area contributed by atoms with Gasteiger partial charge in [0.1, 0.15) is 11.5 Å². The fourth-order valence-electron chi connectivity index (χ4n) is 18.7. The number of nitrogens with zero attached hydrogens (tertiary/aromatic N) is 5. The van der Waals surface area contributed by atoms with Gasteiger partial charge in [0.2, 0.25) is 11.8 Å². The van der Waals surface area contributed by atoms with E-state index >= 15 is 0 Å². The molecule has 5 spiro atoms. The van der Waals surface area contributed by atoms with Crippen molar-refractivity contribution in [3.05, 3.63) is 113 Å². The molecule has 6 heterocycles. The Morgan fingerprint density at radius 3 is 1.31 bits per heavy atom. The second kappa shape index (κ2) is 38.6. The molecule has 0 unspecified atom stereocenters. The second-order valence-electron chi connectivity index (χ2n) is 31.0. The Morgan fingerprint density at radius 2 is 0.876 bits per heavy atom. The first-order valence-corrected chi connectivity index (χ1v) is 38.6. The van der Waals surface area contributed by atoms with Crippen molar-refractivity contribution in [3.63, 3.8) is 0 Å². The van der Waals surface area contributed by atoms with Crippen LogP contribution in [0, 0.1) is 32.5 Å². The van der Waals surface area contributed by atoms with Gasteiger partial charge in [-0.25, -0.2) is 0 Å². The van der Waals surface area contributed by atoms with E-state index in [0.717, 1.165) is 89.3 Å². The highest BCUT2D eigenvalue weighted by molar-refractivity contribution is 9.10. The van der Waals surface area contributed by atoms with E-state index in [0.29, 0.717) is 31.2 Å². The average molecular weight is 1420 g/mol. The summed E-state index contributed by atoms with van der Waals surface area (Å²) in [6.45, 7) is 9.12. The van der Waals surface area contributed by atoms with Gasteiger partial charge in [0.25, 0.3) is 0 Å². The predicted octanol–water partition coefficient (Wildman–Crippen LogP) is 19.2. The first-order valence-electron chi connectivity index (χ1n) is 37.8. The molecule has 0 radical (unpaired) electrons. The van der Waals surface area contributed by atoms with Crippen LogP contribution in [0.25, 0.3) is 0 Å². The van der Waals surface area contributed by atoms with Crippen LogP contribution in [-0.4, -0.2) is 107 Å². The molecule has 11 fully saturated rings.